The van der Waals surface area contributed by atoms with Gasteiger partial charge in [-0.1, -0.05) is 30.3 Å². The maximum absolute atomic E-state index is 12.6. The molecule has 0 aromatic heterocycles. The number of rotatable bonds is 3. The van der Waals surface area contributed by atoms with Crippen LogP contribution in [0.15, 0.2) is 59.5 Å². The summed E-state index contributed by atoms with van der Waals surface area (Å²) >= 11 is 0. The lowest BCUT2D eigenvalue weighted by molar-refractivity contribution is -0.137. The Morgan fingerprint density at radius 3 is 2.04 bits per heavy atom. The van der Waals surface area contributed by atoms with Gasteiger partial charge in [0.2, 0.25) is 10.0 Å². The molecule has 1 aliphatic rings. The quantitative estimate of drug-likeness (QED) is 0.796. The van der Waals surface area contributed by atoms with Crippen molar-refractivity contribution in [2.24, 2.45) is 0 Å². The van der Waals surface area contributed by atoms with Gasteiger partial charge >= 0.3 is 6.18 Å². The second-order valence-corrected chi connectivity index (χ2v) is 7.30. The van der Waals surface area contributed by atoms with E-state index >= 15 is 0 Å². The molecule has 3 rings (SSSR count). The van der Waals surface area contributed by atoms with E-state index in [4.69, 9.17) is 0 Å². The van der Waals surface area contributed by atoms with Crippen molar-refractivity contribution < 1.29 is 21.6 Å². The standard InChI is InChI=1S/C16H14F3NO2S/c1-11-15(12-5-3-2-4-6-12)20(11)23(21,22)14-9-7-13(8-10-14)16(17,18)19/h2-11,15H,1H3/t11-,15+,20?/m1/s1. The zero-order valence-corrected chi connectivity index (χ0v) is 13.0. The van der Waals surface area contributed by atoms with Crippen molar-refractivity contribution in [2.75, 3.05) is 0 Å². The van der Waals surface area contributed by atoms with E-state index in [0.717, 1.165) is 29.8 Å². The molecule has 0 saturated carbocycles. The van der Waals surface area contributed by atoms with Crippen LogP contribution in [-0.4, -0.2) is 18.8 Å². The molecule has 0 radical (unpaired) electrons. The minimum absolute atomic E-state index is 0.129. The number of sulfonamides is 1. The third kappa shape index (κ3) is 2.86. The van der Waals surface area contributed by atoms with E-state index in [9.17, 15) is 21.6 Å². The molecule has 1 aliphatic heterocycles. The predicted octanol–water partition coefficient (Wildman–Crippen LogP) is 3.84. The van der Waals surface area contributed by atoms with Crippen molar-refractivity contribution in [2.45, 2.75) is 30.1 Å². The Balaban J connectivity index is 1.88. The lowest BCUT2D eigenvalue weighted by atomic mass is 10.1. The molecule has 1 saturated heterocycles. The normalized spacial score (nSPS) is 24.4. The van der Waals surface area contributed by atoms with Crippen LogP contribution in [0.5, 0.6) is 0 Å². The molecule has 1 fully saturated rings. The Morgan fingerprint density at radius 2 is 1.52 bits per heavy atom. The summed E-state index contributed by atoms with van der Waals surface area (Å²) in [4.78, 5) is -0.129. The maximum atomic E-state index is 12.6. The van der Waals surface area contributed by atoms with Crippen LogP contribution in [-0.2, 0) is 16.2 Å². The molecule has 0 N–H and O–H groups in total. The van der Waals surface area contributed by atoms with E-state index in [-0.39, 0.29) is 17.0 Å². The van der Waals surface area contributed by atoms with Crippen LogP contribution < -0.4 is 0 Å². The molecule has 0 spiro atoms. The Hall–Kier alpha value is -1.86. The number of alkyl halides is 3. The monoisotopic (exact) mass is 341 g/mol. The summed E-state index contributed by atoms with van der Waals surface area (Å²) in [5.74, 6) is 0. The Kier molecular flexibility index (Phi) is 3.72. The maximum Gasteiger partial charge on any atom is 0.416 e. The zero-order chi connectivity index (χ0) is 16.8. The van der Waals surface area contributed by atoms with Crippen molar-refractivity contribution in [3.05, 3.63) is 65.7 Å². The summed E-state index contributed by atoms with van der Waals surface area (Å²) in [6.07, 6.45) is -4.48. The highest BCUT2D eigenvalue weighted by molar-refractivity contribution is 7.89. The summed E-state index contributed by atoms with van der Waals surface area (Å²) < 4.78 is 64.2. The van der Waals surface area contributed by atoms with Crippen LogP contribution >= 0.6 is 0 Å². The SMILES string of the molecule is C[C@@H]1[C@@H](c2ccccc2)N1S(=O)(=O)c1ccc(C(F)(F)F)cc1. The fraction of sp³-hybridized carbons (Fsp3) is 0.250. The van der Waals surface area contributed by atoms with Crippen molar-refractivity contribution in [3.8, 4) is 0 Å². The summed E-state index contributed by atoms with van der Waals surface area (Å²) in [5.41, 5.74) is 0.00499. The van der Waals surface area contributed by atoms with Gasteiger partial charge in [-0.15, -0.1) is 0 Å². The fourth-order valence-electron chi connectivity index (χ4n) is 2.70. The first kappa shape index (κ1) is 16.0. The molecule has 2 aromatic carbocycles. The fourth-order valence-corrected chi connectivity index (χ4v) is 4.52. The average molecular weight is 341 g/mol. The Labute approximate surface area is 132 Å². The zero-order valence-electron chi connectivity index (χ0n) is 12.2. The van der Waals surface area contributed by atoms with Crippen molar-refractivity contribution in [3.63, 3.8) is 0 Å². The van der Waals surface area contributed by atoms with E-state index in [1.165, 1.54) is 4.31 Å². The number of hydrogen-bond donors (Lipinski definition) is 0. The van der Waals surface area contributed by atoms with Crippen LogP contribution in [0.25, 0.3) is 0 Å². The van der Waals surface area contributed by atoms with Crippen LogP contribution in [0.1, 0.15) is 24.1 Å². The molecule has 0 bridgehead atoms. The van der Waals surface area contributed by atoms with Gasteiger partial charge in [-0.05, 0) is 36.8 Å². The van der Waals surface area contributed by atoms with Crippen molar-refractivity contribution in [1.29, 1.82) is 0 Å². The molecule has 23 heavy (non-hydrogen) atoms. The Morgan fingerprint density at radius 1 is 0.957 bits per heavy atom. The third-order valence-corrected chi connectivity index (χ3v) is 5.92. The van der Waals surface area contributed by atoms with E-state index in [2.05, 4.69) is 0 Å². The van der Waals surface area contributed by atoms with Gasteiger partial charge in [0.1, 0.15) is 0 Å². The molecule has 3 atom stereocenters. The number of halogens is 3. The van der Waals surface area contributed by atoms with E-state index in [1.807, 2.05) is 30.3 Å². The molecule has 122 valence electrons. The largest absolute Gasteiger partial charge is 0.416 e. The molecule has 0 aliphatic carbocycles. The topological polar surface area (TPSA) is 37.1 Å². The van der Waals surface area contributed by atoms with E-state index in [1.54, 1.807) is 6.92 Å². The molecule has 1 unspecified atom stereocenters. The minimum Gasteiger partial charge on any atom is -0.207 e. The summed E-state index contributed by atoms with van der Waals surface area (Å²) in [7, 11) is -3.81. The van der Waals surface area contributed by atoms with Gasteiger partial charge in [-0.3, -0.25) is 0 Å². The van der Waals surface area contributed by atoms with Gasteiger partial charge in [0, 0.05) is 6.04 Å². The summed E-state index contributed by atoms with van der Waals surface area (Å²) in [6, 6.07) is 12.3. The first-order valence-electron chi connectivity index (χ1n) is 6.98. The van der Waals surface area contributed by atoms with E-state index in [0.29, 0.717) is 0 Å². The van der Waals surface area contributed by atoms with Crippen molar-refractivity contribution >= 4 is 10.0 Å². The average Bonchev–Trinajstić information content (AvgIpc) is 3.20. The predicted molar refractivity (Wildman–Crippen MR) is 79.1 cm³/mol. The highest BCUT2D eigenvalue weighted by atomic mass is 32.2. The lowest BCUT2D eigenvalue weighted by Crippen LogP contribution is -2.15. The van der Waals surface area contributed by atoms with Crippen LogP contribution in [0, 0.1) is 0 Å². The minimum atomic E-state index is -4.48. The summed E-state index contributed by atoms with van der Waals surface area (Å²) in [5, 5.41) is 0. The Bertz CT molecular complexity index is 801. The second kappa shape index (κ2) is 5.35. The lowest BCUT2D eigenvalue weighted by Gasteiger charge is -2.09. The second-order valence-electron chi connectivity index (χ2n) is 5.45. The van der Waals surface area contributed by atoms with Gasteiger partial charge in [-0.2, -0.15) is 17.5 Å². The number of nitrogens with zero attached hydrogens (tertiary/aromatic N) is 1. The highest BCUT2D eigenvalue weighted by Crippen LogP contribution is 2.47. The smallest absolute Gasteiger partial charge is 0.207 e. The van der Waals surface area contributed by atoms with Crippen LogP contribution in [0.4, 0.5) is 13.2 Å². The first-order valence-corrected chi connectivity index (χ1v) is 8.42. The van der Waals surface area contributed by atoms with Gasteiger partial charge in [0.05, 0.1) is 16.5 Å². The highest BCUT2D eigenvalue weighted by Gasteiger charge is 2.53. The molecule has 7 heteroatoms. The molecule has 0 amide bonds. The molecular weight excluding hydrogens is 327 g/mol. The molecule has 2 aromatic rings. The summed E-state index contributed by atoms with van der Waals surface area (Å²) in [6.45, 7) is 1.78. The number of hydrogen-bond acceptors (Lipinski definition) is 2. The van der Waals surface area contributed by atoms with Crippen LogP contribution in [0.2, 0.25) is 0 Å². The molecular formula is C16H14F3NO2S. The number of benzene rings is 2. The van der Waals surface area contributed by atoms with Gasteiger partial charge < -0.3 is 0 Å². The van der Waals surface area contributed by atoms with Crippen molar-refractivity contribution in [1.82, 2.24) is 4.31 Å². The first-order chi connectivity index (χ1) is 10.7. The van der Waals surface area contributed by atoms with Gasteiger partial charge in [-0.25, -0.2) is 8.42 Å². The van der Waals surface area contributed by atoms with Crippen LogP contribution in [0.3, 0.4) is 0 Å². The van der Waals surface area contributed by atoms with Gasteiger partial charge in [0.25, 0.3) is 0 Å². The van der Waals surface area contributed by atoms with Gasteiger partial charge in [0.15, 0.2) is 0 Å². The van der Waals surface area contributed by atoms with E-state index < -0.39 is 21.8 Å². The third-order valence-electron chi connectivity index (χ3n) is 3.94. The molecule has 1 heterocycles. The molecule has 3 nitrogen and oxygen atoms in total.